The SMILES string of the molecule is CCN(C)CCCc1sc(N)nc1C. The van der Waals surface area contributed by atoms with Crippen molar-refractivity contribution in [1.29, 1.82) is 0 Å². The Morgan fingerprint density at radius 2 is 2.21 bits per heavy atom. The number of hydrogen-bond acceptors (Lipinski definition) is 4. The van der Waals surface area contributed by atoms with Crippen molar-refractivity contribution < 1.29 is 0 Å². The molecule has 2 N–H and O–H groups in total. The van der Waals surface area contributed by atoms with E-state index in [1.54, 1.807) is 11.3 Å². The Kier molecular flexibility index (Phi) is 4.35. The summed E-state index contributed by atoms with van der Waals surface area (Å²) in [5, 5.41) is 0.696. The molecule has 3 nitrogen and oxygen atoms in total. The Bertz CT molecular complexity index is 283. The molecule has 0 aromatic carbocycles. The zero-order chi connectivity index (χ0) is 10.6. The third kappa shape index (κ3) is 3.27. The van der Waals surface area contributed by atoms with Crippen LogP contribution < -0.4 is 5.73 Å². The number of nitrogen functional groups attached to an aromatic ring is 1. The van der Waals surface area contributed by atoms with Crippen molar-refractivity contribution in [1.82, 2.24) is 9.88 Å². The average Bonchev–Trinajstić information content (AvgIpc) is 2.45. The fourth-order valence-electron chi connectivity index (χ4n) is 1.35. The van der Waals surface area contributed by atoms with Crippen LogP contribution in [0.5, 0.6) is 0 Å². The van der Waals surface area contributed by atoms with E-state index < -0.39 is 0 Å². The Morgan fingerprint density at radius 3 is 2.71 bits per heavy atom. The van der Waals surface area contributed by atoms with Gasteiger partial charge in [-0.1, -0.05) is 6.92 Å². The van der Waals surface area contributed by atoms with Gasteiger partial charge in [0.2, 0.25) is 0 Å². The van der Waals surface area contributed by atoms with Crippen LogP contribution >= 0.6 is 11.3 Å². The molecule has 1 aromatic rings. The van der Waals surface area contributed by atoms with Crippen LogP contribution in [0.15, 0.2) is 0 Å². The molecule has 0 saturated carbocycles. The van der Waals surface area contributed by atoms with Gasteiger partial charge < -0.3 is 10.6 Å². The first-order valence-corrected chi connectivity index (χ1v) is 5.85. The maximum Gasteiger partial charge on any atom is 0.180 e. The van der Waals surface area contributed by atoms with E-state index in [0.29, 0.717) is 5.13 Å². The first-order chi connectivity index (χ1) is 6.63. The Morgan fingerprint density at radius 1 is 1.50 bits per heavy atom. The molecular weight excluding hydrogens is 194 g/mol. The molecule has 0 unspecified atom stereocenters. The number of thiazole rings is 1. The van der Waals surface area contributed by atoms with Gasteiger partial charge in [-0.25, -0.2) is 4.98 Å². The third-order valence-electron chi connectivity index (χ3n) is 2.39. The molecule has 0 saturated heterocycles. The Balaban J connectivity index is 2.34. The van der Waals surface area contributed by atoms with Crippen LogP contribution in [0.3, 0.4) is 0 Å². The highest BCUT2D eigenvalue weighted by atomic mass is 32.1. The molecule has 0 amide bonds. The second-order valence-electron chi connectivity index (χ2n) is 3.56. The minimum absolute atomic E-state index is 0.696. The molecule has 0 spiro atoms. The van der Waals surface area contributed by atoms with Crippen molar-refractivity contribution in [3.8, 4) is 0 Å². The number of nitrogens with two attached hydrogens (primary N) is 1. The molecule has 1 aromatic heterocycles. The summed E-state index contributed by atoms with van der Waals surface area (Å²) in [4.78, 5) is 7.87. The van der Waals surface area contributed by atoms with Gasteiger partial charge in [-0.3, -0.25) is 0 Å². The standard InChI is InChI=1S/C10H19N3S/c1-4-13(3)7-5-6-9-8(2)12-10(11)14-9/h4-7H2,1-3H3,(H2,11,12). The summed E-state index contributed by atoms with van der Waals surface area (Å²) in [6.45, 7) is 6.47. The monoisotopic (exact) mass is 213 g/mol. The van der Waals surface area contributed by atoms with E-state index in [1.165, 1.54) is 11.3 Å². The van der Waals surface area contributed by atoms with E-state index in [-0.39, 0.29) is 0 Å². The smallest absolute Gasteiger partial charge is 0.180 e. The summed E-state index contributed by atoms with van der Waals surface area (Å²) in [6, 6.07) is 0. The molecule has 0 aliphatic heterocycles. The van der Waals surface area contributed by atoms with Gasteiger partial charge in [0.05, 0.1) is 5.69 Å². The van der Waals surface area contributed by atoms with Crippen molar-refractivity contribution in [3.63, 3.8) is 0 Å². The maximum absolute atomic E-state index is 5.63. The lowest BCUT2D eigenvalue weighted by Gasteiger charge is -2.12. The first-order valence-electron chi connectivity index (χ1n) is 5.03. The van der Waals surface area contributed by atoms with Crippen molar-refractivity contribution in [2.24, 2.45) is 0 Å². The lowest BCUT2D eigenvalue weighted by Crippen LogP contribution is -2.19. The minimum atomic E-state index is 0.696. The fraction of sp³-hybridized carbons (Fsp3) is 0.700. The third-order valence-corrected chi connectivity index (χ3v) is 3.44. The highest BCUT2D eigenvalue weighted by molar-refractivity contribution is 7.15. The van der Waals surface area contributed by atoms with Gasteiger partial charge in [-0.05, 0) is 39.9 Å². The number of aryl methyl sites for hydroxylation is 2. The summed E-state index contributed by atoms with van der Waals surface area (Å²) in [7, 11) is 2.15. The minimum Gasteiger partial charge on any atom is -0.375 e. The molecule has 0 aliphatic rings. The second-order valence-corrected chi connectivity index (χ2v) is 4.68. The molecule has 0 bridgehead atoms. The van der Waals surface area contributed by atoms with Crippen LogP contribution in [0.2, 0.25) is 0 Å². The summed E-state index contributed by atoms with van der Waals surface area (Å²) in [5.74, 6) is 0. The summed E-state index contributed by atoms with van der Waals surface area (Å²) >= 11 is 1.62. The average molecular weight is 213 g/mol. The van der Waals surface area contributed by atoms with Crippen LogP contribution in [0.1, 0.15) is 23.9 Å². The largest absolute Gasteiger partial charge is 0.375 e. The molecular formula is C10H19N3S. The van der Waals surface area contributed by atoms with Gasteiger partial charge in [0.1, 0.15) is 0 Å². The summed E-state index contributed by atoms with van der Waals surface area (Å²) < 4.78 is 0. The van der Waals surface area contributed by atoms with Gasteiger partial charge in [0, 0.05) is 4.88 Å². The zero-order valence-electron chi connectivity index (χ0n) is 9.21. The van der Waals surface area contributed by atoms with Gasteiger partial charge >= 0.3 is 0 Å². The lowest BCUT2D eigenvalue weighted by molar-refractivity contribution is 0.348. The summed E-state index contributed by atoms with van der Waals surface area (Å²) in [6.07, 6.45) is 2.29. The predicted molar refractivity (Wildman–Crippen MR) is 62.8 cm³/mol. The molecule has 14 heavy (non-hydrogen) atoms. The molecule has 0 fully saturated rings. The van der Waals surface area contributed by atoms with Gasteiger partial charge in [-0.15, -0.1) is 11.3 Å². The van der Waals surface area contributed by atoms with Crippen LogP contribution in [0.25, 0.3) is 0 Å². The molecule has 4 heteroatoms. The van der Waals surface area contributed by atoms with Gasteiger partial charge in [-0.2, -0.15) is 0 Å². The van der Waals surface area contributed by atoms with Crippen LogP contribution in [-0.2, 0) is 6.42 Å². The van der Waals surface area contributed by atoms with E-state index in [1.807, 2.05) is 6.92 Å². The first kappa shape index (κ1) is 11.5. The van der Waals surface area contributed by atoms with Crippen molar-refractivity contribution in [2.45, 2.75) is 26.7 Å². The van der Waals surface area contributed by atoms with E-state index in [2.05, 4.69) is 23.9 Å². The van der Waals surface area contributed by atoms with E-state index in [9.17, 15) is 0 Å². The normalized spacial score (nSPS) is 11.1. The molecule has 0 atom stereocenters. The molecule has 0 aliphatic carbocycles. The number of nitrogens with zero attached hydrogens (tertiary/aromatic N) is 2. The zero-order valence-corrected chi connectivity index (χ0v) is 10.0. The van der Waals surface area contributed by atoms with Gasteiger partial charge in [0.25, 0.3) is 0 Å². The number of aromatic nitrogens is 1. The maximum atomic E-state index is 5.63. The lowest BCUT2D eigenvalue weighted by atomic mass is 10.2. The van der Waals surface area contributed by atoms with Gasteiger partial charge in [0.15, 0.2) is 5.13 Å². The molecule has 80 valence electrons. The molecule has 1 heterocycles. The molecule has 1 rings (SSSR count). The van der Waals surface area contributed by atoms with Crippen LogP contribution in [-0.4, -0.2) is 30.0 Å². The Labute approximate surface area is 89.9 Å². The fourth-order valence-corrected chi connectivity index (χ4v) is 2.22. The van der Waals surface area contributed by atoms with Crippen LogP contribution in [0, 0.1) is 6.92 Å². The molecule has 0 radical (unpaired) electrons. The van der Waals surface area contributed by atoms with Crippen molar-refractivity contribution in [3.05, 3.63) is 10.6 Å². The summed E-state index contributed by atoms with van der Waals surface area (Å²) in [5.41, 5.74) is 6.74. The van der Waals surface area contributed by atoms with Crippen molar-refractivity contribution >= 4 is 16.5 Å². The highest BCUT2D eigenvalue weighted by Crippen LogP contribution is 2.20. The topological polar surface area (TPSA) is 42.1 Å². The number of hydrogen-bond donors (Lipinski definition) is 1. The van der Waals surface area contributed by atoms with E-state index in [0.717, 1.165) is 25.2 Å². The van der Waals surface area contributed by atoms with E-state index >= 15 is 0 Å². The predicted octanol–water partition coefficient (Wildman–Crippen LogP) is 1.92. The quantitative estimate of drug-likeness (QED) is 0.812. The second kappa shape index (κ2) is 5.32. The van der Waals surface area contributed by atoms with Crippen LogP contribution in [0.4, 0.5) is 5.13 Å². The Hall–Kier alpha value is -0.610. The van der Waals surface area contributed by atoms with Crippen molar-refractivity contribution in [2.75, 3.05) is 25.9 Å². The van der Waals surface area contributed by atoms with E-state index in [4.69, 9.17) is 5.73 Å². The number of rotatable bonds is 5. The highest BCUT2D eigenvalue weighted by Gasteiger charge is 2.05. The number of anilines is 1.